The van der Waals surface area contributed by atoms with E-state index in [2.05, 4.69) is 4.98 Å². The molecule has 0 radical (unpaired) electrons. The van der Waals surface area contributed by atoms with Gasteiger partial charge in [-0.25, -0.2) is 4.98 Å². The third kappa shape index (κ3) is 4.03. The highest BCUT2D eigenvalue weighted by atomic mass is 35.5. The van der Waals surface area contributed by atoms with E-state index in [0.717, 1.165) is 5.56 Å². The number of aromatic nitrogens is 2. The Morgan fingerprint density at radius 3 is 2.73 bits per heavy atom. The third-order valence-corrected chi connectivity index (χ3v) is 5.33. The maximum absolute atomic E-state index is 12.8. The van der Waals surface area contributed by atoms with Crippen LogP contribution in [0.25, 0.3) is 10.9 Å². The van der Waals surface area contributed by atoms with E-state index in [1.807, 2.05) is 12.1 Å². The van der Waals surface area contributed by atoms with Crippen molar-refractivity contribution >= 4 is 51.8 Å². The number of rotatable bonds is 5. The lowest BCUT2D eigenvalue weighted by Crippen LogP contribution is -2.27. The number of thioether (sulfide) groups is 1. The van der Waals surface area contributed by atoms with Gasteiger partial charge in [0.05, 0.1) is 18.0 Å². The molecule has 0 spiro atoms. The van der Waals surface area contributed by atoms with Crippen LogP contribution in [0.4, 0.5) is 0 Å². The van der Waals surface area contributed by atoms with Crippen LogP contribution in [0.1, 0.15) is 5.56 Å². The highest BCUT2D eigenvalue weighted by molar-refractivity contribution is 7.98. The number of halogens is 2. The molecular formula is C18H14Cl2N2O3S. The molecule has 1 aromatic heterocycles. The molecule has 0 saturated carbocycles. The summed E-state index contributed by atoms with van der Waals surface area (Å²) in [5.74, 6) is -0.0438. The molecule has 0 amide bonds. The van der Waals surface area contributed by atoms with E-state index in [1.165, 1.54) is 23.4 Å². The van der Waals surface area contributed by atoms with Crippen LogP contribution in [0.3, 0.4) is 0 Å². The first-order valence-electron chi connectivity index (χ1n) is 7.62. The summed E-state index contributed by atoms with van der Waals surface area (Å²) in [6, 6.07) is 12.2. The number of nitrogens with zero attached hydrogens (tertiary/aromatic N) is 2. The molecule has 0 bridgehead atoms. The molecule has 0 aliphatic rings. The van der Waals surface area contributed by atoms with Gasteiger partial charge < -0.3 is 4.74 Å². The second kappa shape index (κ2) is 8.12. The number of esters is 1. The average Bonchev–Trinajstić information content (AvgIpc) is 2.63. The standard InChI is InChI=1S/C18H14Cl2N2O3S/c1-25-16(23)9-22-17(24)13-4-2-3-5-15(13)21-18(22)26-10-11-6-7-12(19)8-14(11)20/h2-8H,9-10H2,1H3. The first-order chi connectivity index (χ1) is 12.5. The van der Waals surface area contributed by atoms with Gasteiger partial charge in [-0.1, -0.05) is 53.2 Å². The van der Waals surface area contributed by atoms with Gasteiger partial charge in [0.1, 0.15) is 6.54 Å². The summed E-state index contributed by atoms with van der Waals surface area (Å²) in [5, 5.41) is 1.96. The van der Waals surface area contributed by atoms with Crippen LogP contribution in [-0.4, -0.2) is 22.6 Å². The van der Waals surface area contributed by atoms with Gasteiger partial charge in [-0.05, 0) is 29.8 Å². The SMILES string of the molecule is COC(=O)Cn1c(SCc2ccc(Cl)cc2Cl)nc2ccccc2c1=O. The van der Waals surface area contributed by atoms with Gasteiger partial charge >= 0.3 is 5.97 Å². The summed E-state index contributed by atoms with van der Waals surface area (Å²) in [6.45, 7) is -0.205. The number of carbonyl (C=O) groups is 1. The molecular weight excluding hydrogens is 395 g/mol. The summed E-state index contributed by atoms with van der Waals surface area (Å²) in [7, 11) is 1.28. The van der Waals surface area contributed by atoms with Gasteiger partial charge in [0.25, 0.3) is 5.56 Å². The van der Waals surface area contributed by atoms with Crippen LogP contribution in [0.15, 0.2) is 52.4 Å². The van der Waals surface area contributed by atoms with Crippen LogP contribution in [-0.2, 0) is 21.8 Å². The van der Waals surface area contributed by atoms with Gasteiger partial charge in [-0.2, -0.15) is 0 Å². The summed E-state index contributed by atoms with van der Waals surface area (Å²) in [5.41, 5.74) is 1.14. The molecule has 0 aliphatic heterocycles. The minimum atomic E-state index is -0.518. The number of para-hydroxylation sites is 1. The lowest BCUT2D eigenvalue weighted by Gasteiger charge is -2.12. The van der Waals surface area contributed by atoms with Crippen molar-refractivity contribution in [2.45, 2.75) is 17.5 Å². The Balaban J connectivity index is 2.01. The minimum absolute atomic E-state index is 0.205. The van der Waals surface area contributed by atoms with Crippen molar-refractivity contribution in [1.82, 2.24) is 9.55 Å². The molecule has 3 rings (SSSR count). The van der Waals surface area contributed by atoms with Crippen molar-refractivity contribution in [3.63, 3.8) is 0 Å². The van der Waals surface area contributed by atoms with E-state index in [4.69, 9.17) is 27.9 Å². The Hall–Kier alpha value is -2.02. The van der Waals surface area contributed by atoms with Gasteiger partial charge in [-0.3, -0.25) is 14.2 Å². The molecule has 3 aromatic rings. The van der Waals surface area contributed by atoms with Crippen molar-refractivity contribution < 1.29 is 9.53 Å². The molecule has 134 valence electrons. The minimum Gasteiger partial charge on any atom is -0.468 e. The maximum Gasteiger partial charge on any atom is 0.325 e. The van der Waals surface area contributed by atoms with Gasteiger partial charge in [0.15, 0.2) is 5.16 Å². The van der Waals surface area contributed by atoms with Crippen LogP contribution >= 0.6 is 35.0 Å². The molecule has 2 aromatic carbocycles. The second-order valence-electron chi connectivity index (χ2n) is 5.40. The number of hydrogen-bond donors (Lipinski definition) is 0. The number of ether oxygens (including phenoxy) is 1. The second-order valence-corrected chi connectivity index (χ2v) is 7.19. The summed E-state index contributed by atoms with van der Waals surface area (Å²) in [4.78, 5) is 29.0. The highest BCUT2D eigenvalue weighted by Crippen LogP contribution is 2.28. The van der Waals surface area contributed by atoms with E-state index >= 15 is 0 Å². The topological polar surface area (TPSA) is 61.2 Å². The lowest BCUT2D eigenvalue weighted by atomic mass is 10.2. The van der Waals surface area contributed by atoms with E-state index in [1.54, 1.807) is 30.3 Å². The number of methoxy groups -OCH3 is 1. The Morgan fingerprint density at radius 1 is 1.23 bits per heavy atom. The third-order valence-electron chi connectivity index (χ3n) is 3.71. The summed E-state index contributed by atoms with van der Waals surface area (Å²) >= 11 is 13.4. The maximum atomic E-state index is 12.8. The first kappa shape index (κ1) is 18.8. The Bertz CT molecular complexity index is 1040. The molecule has 26 heavy (non-hydrogen) atoms. The number of carbonyl (C=O) groups excluding carboxylic acids is 1. The normalized spacial score (nSPS) is 10.9. The molecule has 5 nitrogen and oxygen atoms in total. The monoisotopic (exact) mass is 408 g/mol. The Labute approximate surface area is 163 Å². The van der Waals surface area contributed by atoms with E-state index < -0.39 is 5.97 Å². The molecule has 0 aliphatic carbocycles. The van der Waals surface area contributed by atoms with Crippen molar-refractivity contribution in [2.75, 3.05) is 7.11 Å². The zero-order chi connectivity index (χ0) is 18.7. The molecule has 0 fully saturated rings. The zero-order valence-electron chi connectivity index (χ0n) is 13.7. The van der Waals surface area contributed by atoms with Gasteiger partial charge in [-0.15, -0.1) is 0 Å². The fourth-order valence-corrected chi connectivity index (χ4v) is 3.93. The quantitative estimate of drug-likeness (QED) is 0.360. The van der Waals surface area contributed by atoms with Gasteiger partial charge in [0.2, 0.25) is 0 Å². The van der Waals surface area contributed by atoms with Crippen molar-refractivity contribution in [3.05, 3.63) is 68.4 Å². The Kier molecular flexibility index (Phi) is 5.86. The van der Waals surface area contributed by atoms with E-state index in [-0.39, 0.29) is 12.1 Å². The Morgan fingerprint density at radius 2 is 2.00 bits per heavy atom. The first-order valence-corrected chi connectivity index (χ1v) is 9.37. The smallest absolute Gasteiger partial charge is 0.325 e. The molecule has 0 unspecified atom stereocenters. The molecule has 0 N–H and O–H groups in total. The van der Waals surface area contributed by atoms with Crippen molar-refractivity contribution in [3.8, 4) is 0 Å². The van der Waals surface area contributed by atoms with Crippen LogP contribution in [0.2, 0.25) is 10.0 Å². The van der Waals surface area contributed by atoms with E-state index in [0.29, 0.717) is 31.9 Å². The fraction of sp³-hybridized carbons (Fsp3) is 0.167. The molecule has 1 heterocycles. The molecule has 0 saturated heterocycles. The fourth-order valence-electron chi connectivity index (χ4n) is 2.37. The van der Waals surface area contributed by atoms with Gasteiger partial charge in [0, 0.05) is 15.8 Å². The zero-order valence-corrected chi connectivity index (χ0v) is 16.1. The van der Waals surface area contributed by atoms with Crippen LogP contribution in [0.5, 0.6) is 0 Å². The number of benzene rings is 2. The lowest BCUT2D eigenvalue weighted by molar-refractivity contribution is -0.141. The highest BCUT2D eigenvalue weighted by Gasteiger charge is 2.15. The predicted octanol–water partition coefficient (Wildman–Crippen LogP) is 4.17. The molecule has 0 atom stereocenters. The van der Waals surface area contributed by atoms with Crippen LogP contribution < -0.4 is 5.56 Å². The summed E-state index contributed by atoms with van der Waals surface area (Å²) in [6.07, 6.45) is 0. The van der Waals surface area contributed by atoms with Crippen molar-refractivity contribution in [2.24, 2.45) is 0 Å². The summed E-state index contributed by atoms with van der Waals surface area (Å²) < 4.78 is 6.02. The average molecular weight is 409 g/mol. The largest absolute Gasteiger partial charge is 0.468 e. The van der Waals surface area contributed by atoms with Crippen molar-refractivity contribution in [1.29, 1.82) is 0 Å². The van der Waals surface area contributed by atoms with Crippen LogP contribution in [0, 0.1) is 0 Å². The predicted molar refractivity (Wildman–Crippen MR) is 104 cm³/mol. The number of fused-ring (bicyclic) bond motifs is 1. The van der Waals surface area contributed by atoms with E-state index in [9.17, 15) is 9.59 Å². The number of hydrogen-bond acceptors (Lipinski definition) is 5. The molecule has 8 heteroatoms.